The van der Waals surface area contributed by atoms with Gasteiger partial charge in [-0.25, -0.2) is 0 Å². The Balaban J connectivity index is -0.00000112. The molecule has 0 saturated heterocycles. The molecule has 0 aliphatic heterocycles. The van der Waals surface area contributed by atoms with Crippen molar-refractivity contribution < 1.29 is 83.7 Å². The van der Waals surface area contributed by atoms with E-state index in [4.69, 9.17) is 0 Å². The molecule has 1 atom stereocenters. The molecule has 2 N–H and O–H groups in total. The fourth-order valence-corrected chi connectivity index (χ4v) is 1.01. The van der Waals surface area contributed by atoms with E-state index in [1.54, 1.807) is 0 Å². The molecule has 7 nitrogen and oxygen atoms in total. The van der Waals surface area contributed by atoms with Gasteiger partial charge >= 0.3 is 59.1 Å². The van der Waals surface area contributed by atoms with Gasteiger partial charge < -0.3 is 30.4 Å². The van der Waals surface area contributed by atoms with Gasteiger partial charge in [-0.2, -0.15) is 0 Å². The second kappa shape index (κ2) is 13.8. The Morgan fingerprint density at radius 3 is 2.11 bits per heavy atom. The van der Waals surface area contributed by atoms with Crippen molar-refractivity contribution in [3.05, 3.63) is 0 Å². The molecule has 1 amide bonds. The van der Waals surface area contributed by atoms with E-state index in [2.05, 4.69) is 5.32 Å². The number of nitrogens with one attached hydrogen (secondary N) is 2. The normalized spacial score (nSPS) is 10.5. The average Bonchev–Trinajstić information content (AvgIpc) is 2.16. The van der Waals surface area contributed by atoms with Crippen LogP contribution in [0, 0.1) is 0 Å². The third kappa shape index (κ3) is 12.8. The van der Waals surface area contributed by atoms with Crippen molar-refractivity contribution in [2.24, 2.45) is 0 Å². The van der Waals surface area contributed by atoms with Crippen molar-refractivity contribution in [2.45, 2.75) is 25.8 Å². The standard InChI is InChI=1S/C9H16N2O5.2Na/c1-2-10-4-3-7(12)11-6(9(15)16)5-8(13)14;;/h6,10H,2-5H2,1H3,(H,11,12)(H,13,14)(H,15,16);;/q;2*+1/p-2. The minimum atomic E-state index is -1.64. The minimum Gasteiger partial charge on any atom is -0.550 e. The Labute approximate surface area is 150 Å². The Kier molecular flexibility index (Phi) is 18.0. The predicted octanol–water partition coefficient (Wildman–Crippen LogP) is -9.63. The van der Waals surface area contributed by atoms with E-state index in [9.17, 15) is 24.6 Å². The van der Waals surface area contributed by atoms with Crippen molar-refractivity contribution in [3.63, 3.8) is 0 Å². The third-order valence-corrected chi connectivity index (χ3v) is 1.77. The van der Waals surface area contributed by atoms with Crippen LogP contribution in [0.1, 0.15) is 19.8 Å². The maximum atomic E-state index is 11.2. The van der Waals surface area contributed by atoms with Crippen LogP contribution in [-0.4, -0.2) is 37.0 Å². The number of aliphatic carboxylic acids is 2. The molecular formula is C9H14N2Na2O5. The van der Waals surface area contributed by atoms with E-state index in [-0.39, 0.29) is 65.5 Å². The summed E-state index contributed by atoms with van der Waals surface area (Å²) in [6.45, 7) is 2.95. The molecule has 9 heteroatoms. The Bertz CT molecular complexity index is 276. The maximum absolute atomic E-state index is 11.2. The topological polar surface area (TPSA) is 121 Å². The summed E-state index contributed by atoms with van der Waals surface area (Å²) in [5.41, 5.74) is 0. The second-order valence-electron chi connectivity index (χ2n) is 3.12. The molecule has 18 heavy (non-hydrogen) atoms. The van der Waals surface area contributed by atoms with Gasteiger partial charge in [0.2, 0.25) is 5.91 Å². The zero-order chi connectivity index (χ0) is 12.6. The van der Waals surface area contributed by atoms with Crippen LogP contribution in [0.3, 0.4) is 0 Å². The fourth-order valence-electron chi connectivity index (χ4n) is 1.01. The van der Waals surface area contributed by atoms with Gasteiger partial charge in [-0.05, 0) is 6.54 Å². The van der Waals surface area contributed by atoms with Crippen molar-refractivity contribution in [1.82, 2.24) is 10.6 Å². The first kappa shape index (κ1) is 23.5. The third-order valence-electron chi connectivity index (χ3n) is 1.77. The summed E-state index contributed by atoms with van der Waals surface area (Å²) >= 11 is 0. The van der Waals surface area contributed by atoms with Crippen LogP contribution in [0.15, 0.2) is 0 Å². The van der Waals surface area contributed by atoms with Crippen molar-refractivity contribution >= 4 is 17.8 Å². The molecule has 0 rings (SSSR count). The fraction of sp³-hybridized carbons (Fsp3) is 0.667. The van der Waals surface area contributed by atoms with Gasteiger partial charge in [0.25, 0.3) is 0 Å². The van der Waals surface area contributed by atoms with E-state index in [1.165, 1.54) is 0 Å². The average molecular weight is 276 g/mol. The number of carboxylic acids is 2. The number of rotatable bonds is 8. The minimum absolute atomic E-state index is 0. The summed E-state index contributed by atoms with van der Waals surface area (Å²) in [7, 11) is 0. The Morgan fingerprint density at radius 2 is 1.72 bits per heavy atom. The molecule has 0 saturated carbocycles. The summed E-state index contributed by atoms with van der Waals surface area (Å²) in [6.07, 6.45) is -0.722. The number of carbonyl (C=O) groups is 3. The molecule has 0 aromatic rings. The molecule has 0 aromatic heterocycles. The first-order valence-corrected chi connectivity index (χ1v) is 4.88. The van der Waals surface area contributed by atoms with Gasteiger partial charge in [0.15, 0.2) is 0 Å². The first-order valence-electron chi connectivity index (χ1n) is 4.88. The Hall–Kier alpha value is 0.370. The Morgan fingerprint density at radius 1 is 1.17 bits per heavy atom. The van der Waals surface area contributed by atoms with E-state index in [0.717, 1.165) is 0 Å². The number of amides is 1. The molecular weight excluding hydrogens is 262 g/mol. The molecule has 0 aromatic carbocycles. The van der Waals surface area contributed by atoms with Gasteiger partial charge in [-0.1, -0.05) is 6.92 Å². The van der Waals surface area contributed by atoms with Crippen LogP contribution in [-0.2, 0) is 14.4 Å². The van der Waals surface area contributed by atoms with Crippen LogP contribution in [0.2, 0.25) is 0 Å². The van der Waals surface area contributed by atoms with E-state index < -0.39 is 30.3 Å². The molecule has 0 heterocycles. The number of hydrogen-bond acceptors (Lipinski definition) is 6. The smallest absolute Gasteiger partial charge is 0.550 e. The second-order valence-corrected chi connectivity index (χ2v) is 3.12. The summed E-state index contributed by atoms with van der Waals surface area (Å²) < 4.78 is 0. The van der Waals surface area contributed by atoms with Gasteiger partial charge in [-0.3, -0.25) is 4.79 Å². The van der Waals surface area contributed by atoms with Gasteiger partial charge in [0, 0.05) is 25.4 Å². The zero-order valence-electron chi connectivity index (χ0n) is 10.9. The number of carbonyl (C=O) groups excluding carboxylic acids is 3. The quantitative estimate of drug-likeness (QED) is 0.335. The van der Waals surface area contributed by atoms with Crippen molar-refractivity contribution in [2.75, 3.05) is 13.1 Å². The van der Waals surface area contributed by atoms with E-state index in [0.29, 0.717) is 13.1 Å². The van der Waals surface area contributed by atoms with Crippen LogP contribution in [0.25, 0.3) is 0 Å². The molecule has 92 valence electrons. The SMILES string of the molecule is CCNCCC(=O)NC(CC(=O)[O-])C(=O)[O-].[Na+].[Na+]. The molecule has 0 radical (unpaired) electrons. The van der Waals surface area contributed by atoms with Crippen molar-refractivity contribution in [3.8, 4) is 0 Å². The van der Waals surface area contributed by atoms with Crippen LogP contribution in [0.5, 0.6) is 0 Å². The summed E-state index contributed by atoms with van der Waals surface area (Å²) in [6, 6.07) is -1.54. The predicted molar refractivity (Wildman–Crippen MR) is 49.7 cm³/mol. The summed E-state index contributed by atoms with van der Waals surface area (Å²) in [4.78, 5) is 31.8. The summed E-state index contributed by atoms with van der Waals surface area (Å²) in [5.74, 6) is -3.74. The first-order chi connectivity index (χ1) is 7.47. The van der Waals surface area contributed by atoms with E-state index in [1.807, 2.05) is 12.2 Å². The molecule has 0 aliphatic rings. The molecule has 1 unspecified atom stereocenters. The van der Waals surface area contributed by atoms with Gasteiger partial charge in [-0.15, -0.1) is 0 Å². The molecule has 0 aliphatic carbocycles. The molecule has 0 fully saturated rings. The molecule has 0 spiro atoms. The van der Waals surface area contributed by atoms with Crippen LogP contribution in [0.4, 0.5) is 0 Å². The number of hydrogen-bond donors (Lipinski definition) is 2. The maximum Gasteiger partial charge on any atom is 1.00 e. The van der Waals surface area contributed by atoms with Crippen LogP contribution < -0.4 is 80.0 Å². The van der Waals surface area contributed by atoms with Gasteiger partial charge in [0.1, 0.15) is 0 Å². The number of carboxylic acid groups (broad SMARTS) is 2. The zero-order valence-corrected chi connectivity index (χ0v) is 14.9. The summed E-state index contributed by atoms with van der Waals surface area (Å²) in [5, 5.41) is 25.6. The van der Waals surface area contributed by atoms with Gasteiger partial charge in [0.05, 0.1) is 12.0 Å². The van der Waals surface area contributed by atoms with E-state index >= 15 is 0 Å². The van der Waals surface area contributed by atoms with Crippen molar-refractivity contribution in [1.29, 1.82) is 0 Å². The van der Waals surface area contributed by atoms with Crippen LogP contribution >= 0.6 is 0 Å². The monoisotopic (exact) mass is 276 g/mol. The largest absolute Gasteiger partial charge is 1.00 e. The molecule has 0 bridgehead atoms.